The van der Waals surface area contributed by atoms with Crippen LogP contribution in [-0.4, -0.2) is 11.6 Å². The molecule has 76 valence electrons. The van der Waals surface area contributed by atoms with E-state index in [9.17, 15) is 0 Å². The lowest BCUT2D eigenvalue weighted by Crippen LogP contribution is -2.62. The first kappa shape index (κ1) is 9.51. The van der Waals surface area contributed by atoms with Gasteiger partial charge in [0.2, 0.25) is 0 Å². The van der Waals surface area contributed by atoms with Crippen molar-refractivity contribution in [3.8, 4) is 0 Å². The molecule has 1 nitrogen and oxygen atoms in total. The molecule has 0 aliphatic carbocycles. The van der Waals surface area contributed by atoms with E-state index < -0.39 is 0 Å². The molecule has 2 heterocycles. The Morgan fingerprint density at radius 3 is 2.00 bits per heavy atom. The lowest BCUT2D eigenvalue weighted by molar-refractivity contribution is 0.0391. The third kappa shape index (κ3) is 1.52. The highest BCUT2D eigenvalue weighted by molar-refractivity contribution is 5.04. The number of hydrogen-bond acceptors (Lipinski definition) is 1. The van der Waals surface area contributed by atoms with E-state index in [4.69, 9.17) is 0 Å². The fraction of sp³-hybridized carbons (Fsp3) is 1.00. The van der Waals surface area contributed by atoms with Crippen molar-refractivity contribution in [1.82, 2.24) is 5.32 Å². The van der Waals surface area contributed by atoms with Crippen LogP contribution in [0.1, 0.15) is 59.3 Å². The van der Waals surface area contributed by atoms with Crippen molar-refractivity contribution in [2.75, 3.05) is 0 Å². The van der Waals surface area contributed by atoms with Crippen LogP contribution in [-0.2, 0) is 0 Å². The first-order valence-corrected chi connectivity index (χ1v) is 5.81. The van der Waals surface area contributed by atoms with Gasteiger partial charge in [0, 0.05) is 11.6 Å². The molecule has 0 saturated carbocycles. The number of piperidine rings is 2. The van der Waals surface area contributed by atoms with Gasteiger partial charge in [-0.05, 0) is 31.1 Å². The first-order valence-electron chi connectivity index (χ1n) is 5.81. The zero-order valence-electron chi connectivity index (χ0n) is 9.32. The summed E-state index contributed by atoms with van der Waals surface area (Å²) in [5.74, 6) is 0. The smallest absolute Gasteiger partial charge is 0.0232 e. The van der Waals surface area contributed by atoms with Gasteiger partial charge in [0.15, 0.2) is 0 Å². The second-order valence-corrected chi connectivity index (χ2v) is 5.96. The van der Waals surface area contributed by atoms with Gasteiger partial charge < -0.3 is 5.32 Å². The summed E-state index contributed by atoms with van der Waals surface area (Å²) in [6, 6.07) is 0.835. The molecule has 2 saturated heterocycles. The third-order valence-electron chi connectivity index (χ3n) is 4.23. The minimum absolute atomic E-state index is 0.437. The summed E-state index contributed by atoms with van der Waals surface area (Å²) in [7, 11) is 0. The molecule has 1 heteroatoms. The van der Waals surface area contributed by atoms with E-state index in [1.165, 1.54) is 38.5 Å². The maximum atomic E-state index is 3.91. The summed E-state index contributed by atoms with van der Waals surface area (Å²) in [6.07, 6.45) is 8.50. The Hall–Kier alpha value is -0.0400. The van der Waals surface area contributed by atoms with Crippen LogP contribution in [0.2, 0.25) is 0 Å². The zero-order chi connectivity index (χ0) is 9.53. The molecule has 0 unspecified atom stereocenters. The molecule has 0 aromatic heterocycles. The van der Waals surface area contributed by atoms with Crippen molar-refractivity contribution in [3.63, 3.8) is 0 Å². The molecule has 2 aliphatic rings. The molecule has 1 N–H and O–H groups in total. The summed E-state index contributed by atoms with van der Waals surface area (Å²) in [5.41, 5.74) is 0.903. The number of nitrogens with one attached hydrogen (secondary N) is 1. The normalized spacial score (nSPS) is 40.4. The maximum absolute atomic E-state index is 3.91. The van der Waals surface area contributed by atoms with Crippen LogP contribution in [0.4, 0.5) is 0 Å². The van der Waals surface area contributed by atoms with Crippen LogP contribution in [0, 0.1) is 5.41 Å². The van der Waals surface area contributed by atoms with Crippen molar-refractivity contribution in [2.45, 2.75) is 70.9 Å². The Kier molecular flexibility index (Phi) is 2.18. The van der Waals surface area contributed by atoms with Gasteiger partial charge in [-0.15, -0.1) is 0 Å². The summed E-state index contributed by atoms with van der Waals surface area (Å²) in [4.78, 5) is 0. The van der Waals surface area contributed by atoms with E-state index in [1.54, 1.807) is 0 Å². The number of hydrogen-bond donors (Lipinski definition) is 1. The Morgan fingerprint density at radius 2 is 1.62 bits per heavy atom. The fourth-order valence-electron chi connectivity index (χ4n) is 3.22. The highest BCUT2D eigenvalue weighted by atomic mass is 15.1. The summed E-state index contributed by atoms with van der Waals surface area (Å²) in [5, 5.41) is 3.91. The molecule has 0 aromatic rings. The largest absolute Gasteiger partial charge is 0.308 e. The molecule has 13 heavy (non-hydrogen) atoms. The van der Waals surface area contributed by atoms with Gasteiger partial charge in [0.05, 0.1) is 0 Å². The molecule has 2 aliphatic heterocycles. The second-order valence-electron chi connectivity index (χ2n) is 5.96. The van der Waals surface area contributed by atoms with Crippen molar-refractivity contribution in [2.24, 2.45) is 5.41 Å². The predicted molar refractivity (Wildman–Crippen MR) is 56.8 cm³/mol. The van der Waals surface area contributed by atoms with Crippen LogP contribution in [0.3, 0.4) is 0 Å². The minimum atomic E-state index is 0.437. The van der Waals surface area contributed by atoms with Gasteiger partial charge in [0.25, 0.3) is 0 Å². The van der Waals surface area contributed by atoms with Crippen molar-refractivity contribution in [3.05, 3.63) is 0 Å². The van der Waals surface area contributed by atoms with Gasteiger partial charge in [-0.1, -0.05) is 33.6 Å². The van der Waals surface area contributed by atoms with Gasteiger partial charge >= 0.3 is 0 Å². The van der Waals surface area contributed by atoms with E-state index in [0.29, 0.717) is 11.0 Å². The molecule has 0 aromatic carbocycles. The van der Waals surface area contributed by atoms with Crippen LogP contribution >= 0.6 is 0 Å². The molecule has 2 rings (SSSR count). The third-order valence-corrected chi connectivity index (χ3v) is 4.23. The van der Waals surface area contributed by atoms with Gasteiger partial charge in [-0.3, -0.25) is 0 Å². The molecule has 2 fully saturated rings. The number of rotatable bonds is 0. The van der Waals surface area contributed by atoms with E-state index in [0.717, 1.165) is 6.04 Å². The van der Waals surface area contributed by atoms with Crippen molar-refractivity contribution < 1.29 is 0 Å². The van der Waals surface area contributed by atoms with E-state index in [2.05, 4.69) is 26.1 Å². The maximum Gasteiger partial charge on any atom is 0.0232 e. The molecular weight excluding hydrogens is 158 g/mol. The predicted octanol–water partition coefficient (Wildman–Crippen LogP) is 3.10. The van der Waals surface area contributed by atoms with Crippen LogP contribution in [0.15, 0.2) is 0 Å². The van der Waals surface area contributed by atoms with E-state index in [-0.39, 0.29) is 0 Å². The lowest BCUT2D eigenvalue weighted by atomic mass is 9.63. The molecule has 0 amide bonds. The highest BCUT2D eigenvalue weighted by Crippen LogP contribution is 2.44. The first-order chi connectivity index (χ1) is 6.04. The van der Waals surface area contributed by atoms with Gasteiger partial charge in [0.1, 0.15) is 0 Å². The van der Waals surface area contributed by atoms with Crippen LogP contribution in [0.25, 0.3) is 0 Å². The quantitative estimate of drug-likeness (QED) is 0.605. The minimum Gasteiger partial charge on any atom is -0.308 e. The average Bonchev–Trinajstić information content (AvgIpc) is 2.02. The Balaban J connectivity index is 2.19. The van der Waals surface area contributed by atoms with Crippen molar-refractivity contribution in [1.29, 1.82) is 0 Å². The second kappa shape index (κ2) is 2.98. The Morgan fingerprint density at radius 1 is 1.08 bits per heavy atom. The fourth-order valence-corrected chi connectivity index (χ4v) is 3.22. The van der Waals surface area contributed by atoms with E-state index >= 15 is 0 Å². The molecule has 0 radical (unpaired) electrons. The van der Waals surface area contributed by atoms with Crippen LogP contribution in [0.5, 0.6) is 0 Å². The van der Waals surface area contributed by atoms with Gasteiger partial charge in [-0.2, -0.15) is 0 Å². The van der Waals surface area contributed by atoms with Crippen molar-refractivity contribution >= 4 is 0 Å². The SMILES string of the molecule is CC(C)(C)C12CCCC(CCC1)N2. The lowest BCUT2D eigenvalue weighted by Gasteiger charge is -2.54. The Labute approximate surface area is 82.3 Å². The van der Waals surface area contributed by atoms with Gasteiger partial charge in [-0.25, -0.2) is 0 Å². The number of fused-ring (bicyclic) bond motifs is 2. The Bertz CT molecular complexity index is 180. The summed E-state index contributed by atoms with van der Waals surface area (Å²) < 4.78 is 0. The molecule has 2 bridgehead atoms. The summed E-state index contributed by atoms with van der Waals surface area (Å²) in [6.45, 7) is 7.19. The molecule has 0 spiro atoms. The monoisotopic (exact) mass is 181 g/mol. The molecule has 0 atom stereocenters. The standard InChI is InChI=1S/C12H23N/c1-11(2,3)12-8-4-6-10(13-12)7-5-9-12/h10,13H,4-9H2,1-3H3. The zero-order valence-corrected chi connectivity index (χ0v) is 9.32. The summed E-state index contributed by atoms with van der Waals surface area (Å²) >= 11 is 0. The molecular formula is C12H23N. The highest BCUT2D eigenvalue weighted by Gasteiger charge is 2.46. The van der Waals surface area contributed by atoms with Crippen LogP contribution < -0.4 is 5.32 Å². The average molecular weight is 181 g/mol. The topological polar surface area (TPSA) is 12.0 Å². The van der Waals surface area contributed by atoms with E-state index in [1.807, 2.05) is 0 Å².